The van der Waals surface area contributed by atoms with Gasteiger partial charge in [0.15, 0.2) is 0 Å². The average molecular weight is 276 g/mol. The molecule has 2 heteroatoms. The van der Waals surface area contributed by atoms with Gasteiger partial charge in [-0.3, -0.25) is 4.98 Å². The Kier molecular flexibility index (Phi) is 4.27. The van der Waals surface area contributed by atoms with E-state index < -0.39 is 0 Å². The highest BCUT2D eigenvalue weighted by Gasteiger charge is 2.12. The van der Waals surface area contributed by atoms with Crippen LogP contribution < -0.4 is 5.32 Å². The van der Waals surface area contributed by atoms with Gasteiger partial charge >= 0.3 is 0 Å². The Morgan fingerprint density at radius 2 is 1.86 bits per heavy atom. The Hall–Kier alpha value is -2.19. The van der Waals surface area contributed by atoms with Gasteiger partial charge in [0, 0.05) is 24.0 Å². The number of hydrogen-bond acceptors (Lipinski definition) is 2. The lowest BCUT2D eigenvalue weighted by atomic mass is 9.91. The van der Waals surface area contributed by atoms with Gasteiger partial charge in [-0.25, -0.2) is 0 Å². The van der Waals surface area contributed by atoms with Crippen LogP contribution in [0.5, 0.6) is 0 Å². The van der Waals surface area contributed by atoms with Crippen molar-refractivity contribution in [3.8, 4) is 0 Å². The highest BCUT2D eigenvalue weighted by atomic mass is 14.8. The quantitative estimate of drug-likeness (QED) is 0.767. The third kappa shape index (κ3) is 3.29. The van der Waals surface area contributed by atoms with E-state index in [2.05, 4.69) is 64.9 Å². The average Bonchev–Trinajstić information content (AvgIpc) is 2.55. The van der Waals surface area contributed by atoms with E-state index >= 15 is 0 Å². The lowest BCUT2D eigenvalue weighted by Crippen LogP contribution is -2.19. The molecule has 0 saturated heterocycles. The molecule has 1 atom stereocenters. The van der Waals surface area contributed by atoms with Crippen LogP contribution in [0, 0.1) is 0 Å². The molecule has 1 N–H and O–H groups in total. The number of pyridine rings is 1. The number of nitrogens with one attached hydrogen (secondary N) is 1. The van der Waals surface area contributed by atoms with E-state index in [1.165, 1.54) is 16.5 Å². The van der Waals surface area contributed by atoms with Crippen LogP contribution in [0.25, 0.3) is 10.9 Å². The molecule has 106 valence electrons. The number of nitrogens with zero attached hydrogens (tertiary/aromatic N) is 1. The fourth-order valence-corrected chi connectivity index (χ4v) is 2.80. The van der Waals surface area contributed by atoms with E-state index in [9.17, 15) is 0 Å². The SMILES string of the molecule is CNCC(Cc1ccccc1)c1ccc2ncccc2c1. The van der Waals surface area contributed by atoms with Crippen molar-refractivity contribution in [1.82, 2.24) is 10.3 Å². The number of fused-ring (bicyclic) bond motifs is 1. The Bertz CT molecular complexity index is 707. The van der Waals surface area contributed by atoms with Crippen molar-refractivity contribution in [2.24, 2.45) is 0 Å². The highest BCUT2D eigenvalue weighted by Crippen LogP contribution is 2.23. The van der Waals surface area contributed by atoms with E-state index in [1.54, 1.807) is 0 Å². The molecule has 1 unspecified atom stereocenters. The van der Waals surface area contributed by atoms with Gasteiger partial charge in [-0.2, -0.15) is 0 Å². The van der Waals surface area contributed by atoms with Gasteiger partial charge in [-0.1, -0.05) is 42.5 Å². The zero-order chi connectivity index (χ0) is 14.5. The van der Waals surface area contributed by atoms with Crippen LogP contribution in [0.2, 0.25) is 0 Å². The Morgan fingerprint density at radius 1 is 1.00 bits per heavy atom. The molecular formula is C19H20N2. The number of hydrogen-bond donors (Lipinski definition) is 1. The second-order valence-corrected chi connectivity index (χ2v) is 5.40. The van der Waals surface area contributed by atoms with E-state index in [1.807, 2.05) is 19.3 Å². The number of benzene rings is 2. The first-order valence-electron chi connectivity index (χ1n) is 7.40. The summed E-state index contributed by atoms with van der Waals surface area (Å²) in [5, 5.41) is 4.53. The standard InChI is InChI=1S/C19H20N2/c1-20-14-18(12-15-6-3-2-4-7-15)16-9-10-19-17(13-16)8-5-11-21-19/h2-11,13,18,20H,12,14H2,1H3. The Labute approximate surface area is 125 Å². The maximum Gasteiger partial charge on any atom is 0.0702 e. The van der Waals surface area contributed by atoms with Crippen molar-refractivity contribution in [3.63, 3.8) is 0 Å². The van der Waals surface area contributed by atoms with E-state index in [0.29, 0.717) is 5.92 Å². The van der Waals surface area contributed by atoms with Gasteiger partial charge in [-0.15, -0.1) is 0 Å². The van der Waals surface area contributed by atoms with E-state index in [0.717, 1.165) is 18.5 Å². The number of likely N-dealkylation sites (N-methyl/N-ethyl adjacent to an activating group) is 1. The fourth-order valence-electron chi connectivity index (χ4n) is 2.80. The first-order chi connectivity index (χ1) is 10.4. The Balaban J connectivity index is 1.91. The molecule has 0 spiro atoms. The second-order valence-electron chi connectivity index (χ2n) is 5.40. The molecule has 1 heterocycles. The van der Waals surface area contributed by atoms with Crippen molar-refractivity contribution in [3.05, 3.63) is 78.0 Å². The van der Waals surface area contributed by atoms with Crippen LogP contribution in [0.4, 0.5) is 0 Å². The highest BCUT2D eigenvalue weighted by molar-refractivity contribution is 5.79. The van der Waals surface area contributed by atoms with Crippen molar-refractivity contribution >= 4 is 10.9 Å². The van der Waals surface area contributed by atoms with Crippen LogP contribution in [-0.4, -0.2) is 18.6 Å². The summed E-state index contributed by atoms with van der Waals surface area (Å²) in [6.07, 6.45) is 2.89. The van der Waals surface area contributed by atoms with Crippen LogP contribution in [0.15, 0.2) is 66.9 Å². The summed E-state index contributed by atoms with van der Waals surface area (Å²) >= 11 is 0. The molecule has 3 rings (SSSR count). The summed E-state index contributed by atoms with van der Waals surface area (Å²) in [6.45, 7) is 0.973. The van der Waals surface area contributed by atoms with E-state index in [-0.39, 0.29) is 0 Å². The smallest absolute Gasteiger partial charge is 0.0702 e. The van der Waals surface area contributed by atoms with Gasteiger partial charge in [0.25, 0.3) is 0 Å². The first kappa shape index (κ1) is 13.8. The molecule has 0 radical (unpaired) electrons. The zero-order valence-corrected chi connectivity index (χ0v) is 12.3. The maximum absolute atomic E-state index is 4.40. The molecule has 1 aromatic heterocycles. The molecule has 0 amide bonds. The number of aromatic nitrogens is 1. The minimum Gasteiger partial charge on any atom is -0.319 e. The van der Waals surface area contributed by atoms with Crippen molar-refractivity contribution < 1.29 is 0 Å². The molecule has 0 aliphatic carbocycles. The fraction of sp³-hybridized carbons (Fsp3) is 0.211. The molecule has 21 heavy (non-hydrogen) atoms. The summed E-state index contributed by atoms with van der Waals surface area (Å²) in [7, 11) is 2.01. The largest absolute Gasteiger partial charge is 0.319 e. The van der Waals surface area contributed by atoms with Gasteiger partial charge in [0.2, 0.25) is 0 Å². The first-order valence-corrected chi connectivity index (χ1v) is 7.40. The second kappa shape index (κ2) is 6.51. The summed E-state index contributed by atoms with van der Waals surface area (Å²) in [5.41, 5.74) is 3.81. The van der Waals surface area contributed by atoms with Gasteiger partial charge in [-0.05, 0) is 42.8 Å². The molecule has 3 aromatic rings. The maximum atomic E-state index is 4.40. The van der Waals surface area contributed by atoms with Gasteiger partial charge in [0.05, 0.1) is 5.52 Å². The van der Waals surface area contributed by atoms with Crippen LogP contribution in [0.3, 0.4) is 0 Å². The monoisotopic (exact) mass is 276 g/mol. The molecule has 2 nitrogen and oxygen atoms in total. The third-order valence-electron chi connectivity index (χ3n) is 3.87. The van der Waals surface area contributed by atoms with Crippen molar-refractivity contribution in [2.75, 3.05) is 13.6 Å². The minimum absolute atomic E-state index is 0.474. The minimum atomic E-state index is 0.474. The molecule has 0 bridgehead atoms. The van der Waals surface area contributed by atoms with Gasteiger partial charge < -0.3 is 5.32 Å². The van der Waals surface area contributed by atoms with Crippen molar-refractivity contribution in [1.29, 1.82) is 0 Å². The lowest BCUT2D eigenvalue weighted by Gasteiger charge is -2.18. The Morgan fingerprint density at radius 3 is 2.67 bits per heavy atom. The van der Waals surface area contributed by atoms with Gasteiger partial charge in [0.1, 0.15) is 0 Å². The topological polar surface area (TPSA) is 24.9 Å². The summed E-state index contributed by atoms with van der Waals surface area (Å²) in [6, 6.07) is 21.4. The molecular weight excluding hydrogens is 256 g/mol. The lowest BCUT2D eigenvalue weighted by molar-refractivity contribution is 0.626. The number of rotatable bonds is 5. The molecule has 0 aliphatic heterocycles. The van der Waals surface area contributed by atoms with Crippen molar-refractivity contribution in [2.45, 2.75) is 12.3 Å². The van der Waals surface area contributed by atoms with Crippen LogP contribution >= 0.6 is 0 Å². The zero-order valence-electron chi connectivity index (χ0n) is 12.3. The molecule has 0 fully saturated rings. The predicted octanol–water partition coefficient (Wildman–Crippen LogP) is 3.78. The summed E-state index contributed by atoms with van der Waals surface area (Å²) < 4.78 is 0. The summed E-state index contributed by atoms with van der Waals surface area (Å²) in [4.78, 5) is 4.40. The predicted molar refractivity (Wildman–Crippen MR) is 88.6 cm³/mol. The van der Waals surface area contributed by atoms with Crippen LogP contribution in [0.1, 0.15) is 17.0 Å². The van der Waals surface area contributed by atoms with E-state index in [4.69, 9.17) is 0 Å². The molecule has 0 saturated carbocycles. The summed E-state index contributed by atoms with van der Waals surface area (Å²) in [5.74, 6) is 0.474. The van der Waals surface area contributed by atoms with Crippen LogP contribution in [-0.2, 0) is 6.42 Å². The normalized spacial score (nSPS) is 12.4. The molecule has 2 aromatic carbocycles. The third-order valence-corrected chi connectivity index (χ3v) is 3.87. The molecule has 0 aliphatic rings.